The van der Waals surface area contributed by atoms with Crippen molar-refractivity contribution in [3.8, 4) is 0 Å². The van der Waals surface area contributed by atoms with E-state index < -0.39 is 23.3 Å². The zero-order chi connectivity index (χ0) is 15.8. The molecule has 0 bridgehead atoms. The molecule has 110 valence electrons. The number of rotatable bonds is 2. The Labute approximate surface area is 126 Å². The lowest BCUT2D eigenvalue weighted by Gasteiger charge is -2.10. The number of carbonyl (C=O) groups excluding carboxylic acids is 1. The van der Waals surface area contributed by atoms with Crippen LogP contribution in [0.4, 0.5) is 17.6 Å². The Morgan fingerprint density at radius 2 is 1.76 bits per heavy atom. The van der Waals surface area contributed by atoms with Crippen molar-refractivity contribution in [2.24, 2.45) is 0 Å². The Hall–Kier alpha value is -1.69. The number of hydrogen-bond donors (Lipinski definition) is 0. The zero-order valence-corrected chi connectivity index (χ0v) is 12.3. The first kappa shape index (κ1) is 15.7. The smallest absolute Gasteiger partial charge is 0.289 e. The van der Waals surface area contributed by atoms with Gasteiger partial charge in [0.25, 0.3) is 0 Å². The first-order chi connectivity index (χ1) is 9.70. The highest BCUT2D eigenvalue weighted by Gasteiger charge is 2.31. The Balaban J connectivity index is 2.50. The van der Waals surface area contributed by atoms with Crippen molar-refractivity contribution >= 4 is 21.7 Å². The van der Waals surface area contributed by atoms with E-state index in [0.717, 1.165) is 24.3 Å². The molecule has 0 saturated carbocycles. The maximum atomic E-state index is 13.5. The first-order valence-corrected chi connectivity index (χ1v) is 6.67. The van der Waals surface area contributed by atoms with Gasteiger partial charge in [-0.3, -0.25) is 4.79 Å². The molecule has 0 amide bonds. The van der Waals surface area contributed by atoms with Crippen molar-refractivity contribution in [3.05, 3.63) is 68.9 Å². The maximum Gasteiger partial charge on any atom is 0.416 e. The molecule has 0 aromatic heterocycles. The highest BCUT2D eigenvalue weighted by Crippen LogP contribution is 2.32. The molecule has 0 aliphatic rings. The van der Waals surface area contributed by atoms with E-state index in [2.05, 4.69) is 15.9 Å². The third-order valence-electron chi connectivity index (χ3n) is 2.97. The van der Waals surface area contributed by atoms with Crippen molar-refractivity contribution in [3.63, 3.8) is 0 Å². The number of benzene rings is 2. The number of halogens is 5. The largest absolute Gasteiger partial charge is 0.416 e. The van der Waals surface area contributed by atoms with Gasteiger partial charge in [-0.2, -0.15) is 13.2 Å². The molecule has 0 aliphatic heterocycles. The second-order valence-electron chi connectivity index (χ2n) is 4.49. The highest BCUT2D eigenvalue weighted by atomic mass is 79.9. The fourth-order valence-corrected chi connectivity index (χ4v) is 2.19. The molecular weight excluding hydrogens is 352 g/mol. The molecule has 0 N–H and O–H groups in total. The predicted molar refractivity (Wildman–Crippen MR) is 73.7 cm³/mol. The van der Waals surface area contributed by atoms with Crippen molar-refractivity contribution in [1.29, 1.82) is 0 Å². The third kappa shape index (κ3) is 3.32. The standard InChI is InChI=1S/C15H9BrF4O/c1-8-2-3-9(6-13(8)17)14(21)11-7-10(15(18,19)20)4-5-12(11)16/h2-7H,1H3. The number of aryl methyl sites for hydroxylation is 1. The van der Waals surface area contributed by atoms with Crippen molar-refractivity contribution in [2.75, 3.05) is 0 Å². The van der Waals surface area contributed by atoms with E-state index in [1.165, 1.54) is 19.1 Å². The average Bonchev–Trinajstić information content (AvgIpc) is 2.40. The van der Waals surface area contributed by atoms with Gasteiger partial charge in [0.1, 0.15) is 5.82 Å². The summed E-state index contributed by atoms with van der Waals surface area (Å²) in [5.41, 5.74) is -0.734. The second-order valence-corrected chi connectivity index (χ2v) is 5.34. The van der Waals surface area contributed by atoms with Gasteiger partial charge in [0, 0.05) is 15.6 Å². The molecule has 2 aromatic rings. The summed E-state index contributed by atoms with van der Waals surface area (Å²) < 4.78 is 51.8. The first-order valence-electron chi connectivity index (χ1n) is 5.88. The van der Waals surface area contributed by atoms with Crippen LogP contribution in [0.5, 0.6) is 0 Å². The van der Waals surface area contributed by atoms with Crippen LogP contribution in [0.25, 0.3) is 0 Å². The Morgan fingerprint density at radius 3 is 2.33 bits per heavy atom. The molecule has 2 aromatic carbocycles. The molecule has 0 aliphatic carbocycles. The van der Waals surface area contributed by atoms with Gasteiger partial charge in [-0.05, 0) is 36.8 Å². The molecular formula is C15H9BrF4O. The van der Waals surface area contributed by atoms with Gasteiger partial charge in [0.2, 0.25) is 0 Å². The number of hydrogen-bond acceptors (Lipinski definition) is 1. The van der Waals surface area contributed by atoms with Gasteiger partial charge in [0.05, 0.1) is 5.56 Å². The van der Waals surface area contributed by atoms with Gasteiger partial charge >= 0.3 is 6.18 Å². The Bertz CT molecular complexity index is 707. The summed E-state index contributed by atoms with van der Waals surface area (Å²) in [4.78, 5) is 12.2. The second kappa shape index (κ2) is 5.60. The Kier molecular flexibility index (Phi) is 4.18. The fraction of sp³-hybridized carbons (Fsp3) is 0.133. The van der Waals surface area contributed by atoms with E-state index in [-0.39, 0.29) is 15.6 Å². The summed E-state index contributed by atoms with van der Waals surface area (Å²) in [6.45, 7) is 1.53. The molecule has 0 heterocycles. The van der Waals surface area contributed by atoms with Crippen molar-refractivity contribution < 1.29 is 22.4 Å². The SMILES string of the molecule is Cc1ccc(C(=O)c2cc(C(F)(F)F)ccc2Br)cc1F. The topological polar surface area (TPSA) is 17.1 Å². The van der Waals surface area contributed by atoms with E-state index in [1.807, 2.05) is 0 Å². The summed E-state index contributed by atoms with van der Waals surface area (Å²) in [7, 11) is 0. The van der Waals surface area contributed by atoms with Gasteiger partial charge in [-0.25, -0.2) is 4.39 Å². The van der Waals surface area contributed by atoms with Crippen LogP contribution in [0, 0.1) is 12.7 Å². The lowest BCUT2D eigenvalue weighted by Crippen LogP contribution is -2.09. The molecule has 0 fully saturated rings. The minimum atomic E-state index is -4.55. The van der Waals surface area contributed by atoms with Crippen LogP contribution in [0.2, 0.25) is 0 Å². The maximum absolute atomic E-state index is 13.5. The van der Waals surface area contributed by atoms with Crippen LogP contribution in [-0.4, -0.2) is 5.78 Å². The lowest BCUT2D eigenvalue weighted by molar-refractivity contribution is -0.137. The number of ketones is 1. The molecule has 0 unspecified atom stereocenters. The zero-order valence-electron chi connectivity index (χ0n) is 10.8. The summed E-state index contributed by atoms with van der Waals surface area (Å²) in [6, 6.07) is 6.59. The molecule has 21 heavy (non-hydrogen) atoms. The van der Waals surface area contributed by atoms with E-state index in [0.29, 0.717) is 5.56 Å². The number of carbonyl (C=O) groups is 1. The van der Waals surface area contributed by atoms with Crippen LogP contribution in [0.1, 0.15) is 27.0 Å². The summed E-state index contributed by atoms with van der Waals surface area (Å²) in [5.74, 6) is -1.25. The van der Waals surface area contributed by atoms with Crippen molar-refractivity contribution in [2.45, 2.75) is 13.1 Å². The highest BCUT2D eigenvalue weighted by molar-refractivity contribution is 9.10. The van der Waals surface area contributed by atoms with Crippen LogP contribution >= 0.6 is 15.9 Å². The van der Waals surface area contributed by atoms with Gasteiger partial charge in [-0.15, -0.1) is 0 Å². The van der Waals surface area contributed by atoms with Gasteiger partial charge in [0.15, 0.2) is 5.78 Å². The van der Waals surface area contributed by atoms with Crippen LogP contribution in [-0.2, 0) is 6.18 Å². The molecule has 0 saturated heterocycles. The van der Waals surface area contributed by atoms with E-state index in [1.54, 1.807) is 0 Å². The van der Waals surface area contributed by atoms with E-state index in [9.17, 15) is 22.4 Å². The molecule has 0 spiro atoms. The van der Waals surface area contributed by atoms with E-state index >= 15 is 0 Å². The molecule has 1 nitrogen and oxygen atoms in total. The van der Waals surface area contributed by atoms with Crippen LogP contribution in [0.15, 0.2) is 40.9 Å². The molecule has 0 atom stereocenters. The molecule has 0 radical (unpaired) electrons. The third-order valence-corrected chi connectivity index (χ3v) is 3.66. The van der Waals surface area contributed by atoms with Crippen LogP contribution < -0.4 is 0 Å². The minimum Gasteiger partial charge on any atom is -0.289 e. The normalized spacial score (nSPS) is 11.5. The quantitative estimate of drug-likeness (QED) is 0.534. The summed E-state index contributed by atoms with van der Waals surface area (Å²) in [5, 5.41) is 0. The molecule has 2 rings (SSSR count). The minimum absolute atomic E-state index is 0.00174. The number of alkyl halides is 3. The average molecular weight is 361 g/mol. The van der Waals surface area contributed by atoms with E-state index in [4.69, 9.17) is 0 Å². The predicted octanol–water partition coefficient (Wildman–Crippen LogP) is 5.15. The molecule has 6 heteroatoms. The summed E-state index contributed by atoms with van der Waals surface area (Å²) in [6.07, 6.45) is -4.55. The van der Waals surface area contributed by atoms with Gasteiger partial charge in [-0.1, -0.05) is 28.1 Å². The monoisotopic (exact) mass is 360 g/mol. The van der Waals surface area contributed by atoms with Gasteiger partial charge < -0.3 is 0 Å². The lowest BCUT2D eigenvalue weighted by atomic mass is 10.00. The summed E-state index contributed by atoms with van der Waals surface area (Å²) >= 11 is 3.05. The van der Waals surface area contributed by atoms with Crippen LogP contribution in [0.3, 0.4) is 0 Å². The van der Waals surface area contributed by atoms with Crippen molar-refractivity contribution in [1.82, 2.24) is 0 Å². The fourth-order valence-electron chi connectivity index (χ4n) is 1.77. The Morgan fingerprint density at radius 1 is 1.10 bits per heavy atom.